The molecule has 0 unspecified atom stereocenters. The first-order chi connectivity index (χ1) is 6.66. The molecular weight excluding hydrogens is 186 g/mol. The second kappa shape index (κ2) is 3.21. The molecule has 0 aliphatic carbocycles. The number of aromatic nitrogens is 2. The van der Waals surface area contributed by atoms with Crippen LogP contribution in [0.15, 0.2) is 30.5 Å². The van der Waals surface area contributed by atoms with E-state index in [9.17, 15) is 8.78 Å². The van der Waals surface area contributed by atoms with E-state index in [4.69, 9.17) is 0 Å². The maximum absolute atomic E-state index is 12.9. The largest absolute Gasteiger partial charge is 0.238 e. The SMILES string of the molecule is Cc1nn(-c2ccc(F)cc2)cc1F. The van der Waals surface area contributed by atoms with Gasteiger partial charge in [0.15, 0.2) is 5.82 Å². The van der Waals surface area contributed by atoms with Crippen molar-refractivity contribution in [3.8, 4) is 5.69 Å². The number of rotatable bonds is 1. The zero-order valence-electron chi connectivity index (χ0n) is 7.54. The molecule has 0 saturated carbocycles. The van der Waals surface area contributed by atoms with Crippen LogP contribution in [0.4, 0.5) is 8.78 Å². The topological polar surface area (TPSA) is 17.8 Å². The van der Waals surface area contributed by atoms with Crippen molar-refractivity contribution in [3.63, 3.8) is 0 Å². The highest BCUT2D eigenvalue weighted by Crippen LogP contribution is 2.10. The lowest BCUT2D eigenvalue weighted by Gasteiger charge is -1.99. The molecule has 0 radical (unpaired) electrons. The summed E-state index contributed by atoms with van der Waals surface area (Å²) in [5, 5.41) is 3.93. The van der Waals surface area contributed by atoms with Crippen LogP contribution < -0.4 is 0 Å². The van der Waals surface area contributed by atoms with E-state index in [2.05, 4.69) is 5.10 Å². The second-order valence-corrected chi connectivity index (χ2v) is 2.98. The zero-order chi connectivity index (χ0) is 10.1. The van der Waals surface area contributed by atoms with Crippen molar-refractivity contribution in [1.82, 2.24) is 9.78 Å². The van der Waals surface area contributed by atoms with Gasteiger partial charge in [-0.25, -0.2) is 13.5 Å². The summed E-state index contributed by atoms with van der Waals surface area (Å²) in [6.45, 7) is 1.58. The molecule has 14 heavy (non-hydrogen) atoms. The Bertz CT molecular complexity index is 426. The lowest BCUT2D eigenvalue weighted by molar-refractivity contribution is 0.618. The fourth-order valence-electron chi connectivity index (χ4n) is 1.17. The Labute approximate surface area is 79.8 Å². The smallest absolute Gasteiger partial charge is 0.164 e. The summed E-state index contributed by atoms with van der Waals surface area (Å²) in [6.07, 6.45) is 1.27. The number of halogens is 2. The van der Waals surface area contributed by atoms with Crippen LogP contribution in [0.3, 0.4) is 0 Å². The molecule has 2 rings (SSSR count). The maximum atomic E-state index is 12.9. The summed E-state index contributed by atoms with van der Waals surface area (Å²) in [7, 11) is 0. The minimum Gasteiger partial charge on any atom is -0.238 e. The molecule has 1 aromatic heterocycles. The van der Waals surface area contributed by atoms with Gasteiger partial charge in [-0.2, -0.15) is 5.10 Å². The van der Waals surface area contributed by atoms with Gasteiger partial charge in [0.05, 0.1) is 17.6 Å². The Kier molecular flexibility index (Phi) is 2.04. The van der Waals surface area contributed by atoms with Crippen LogP contribution in [0.5, 0.6) is 0 Å². The molecular formula is C10H8F2N2. The van der Waals surface area contributed by atoms with Gasteiger partial charge in [0.1, 0.15) is 5.82 Å². The van der Waals surface area contributed by atoms with E-state index in [-0.39, 0.29) is 11.6 Å². The third-order valence-electron chi connectivity index (χ3n) is 1.93. The number of benzene rings is 1. The molecule has 0 fully saturated rings. The molecule has 1 aromatic carbocycles. The van der Waals surface area contributed by atoms with Gasteiger partial charge in [0.25, 0.3) is 0 Å². The van der Waals surface area contributed by atoms with Crippen molar-refractivity contribution in [1.29, 1.82) is 0 Å². The minimum absolute atomic E-state index is 0.321. The Morgan fingerprint density at radius 3 is 2.29 bits per heavy atom. The first-order valence-corrected chi connectivity index (χ1v) is 4.14. The molecule has 72 valence electrons. The van der Waals surface area contributed by atoms with E-state index < -0.39 is 0 Å². The van der Waals surface area contributed by atoms with Crippen molar-refractivity contribution >= 4 is 0 Å². The number of aryl methyl sites for hydroxylation is 1. The molecule has 2 aromatic rings. The molecule has 0 spiro atoms. The highest BCUT2D eigenvalue weighted by Gasteiger charge is 2.04. The fourth-order valence-corrected chi connectivity index (χ4v) is 1.17. The Morgan fingerprint density at radius 1 is 1.14 bits per heavy atom. The number of nitrogens with zero attached hydrogens (tertiary/aromatic N) is 2. The van der Waals surface area contributed by atoms with Crippen molar-refractivity contribution in [3.05, 3.63) is 47.8 Å². The van der Waals surface area contributed by atoms with Crippen LogP contribution in [-0.4, -0.2) is 9.78 Å². The van der Waals surface area contributed by atoms with Crippen LogP contribution >= 0.6 is 0 Å². The minimum atomic E-state index is -0.366. The summed E-state index contributed by atoms with van der Waals surface area (Å²) in [6, 6.07) is 5.71. The molecule has 0 amide bonds. The van der Waals surface area contributed by atoms with E-state index in [0.717, 1.165) is 0 Å². The van der Waals surface area contributed by atoms with Gasteiger partial charge < -0.3 is 0 Å². The summed E-state index contributed by atoms with van der Waals surface area (Å²) >= 11 is 0. The first kappa shape index (κ1) is 8.87. The Morgan fingerprint density at radius 2 is 1.79 bits per heavy atom. The van der Waals surface area contributed by atoms with Gasteiger partial charge >= 0.3 is 0 Å². The third-order valence-corrected chi connectivity index (χ3v) is 1.93. The Balaban J connectivity index is 2.44. The molecule has 0 bridgehead atoms. The van der Waals surface area contributed by atoms with Crippen LogP contribution in [0.2, 0.25) is 0 Å². The van der Waals surface area contributed by atoms with Crippen molar-refractivity contribution in [2.24, 2.45) is 0 Å². The van der Waals surface area contributed by atoms with E-state index in [0.29, 0.717) is 11.4 Å². The average molecular weight is 194 g/mol. The van der Waals surface area contributed by atoms with Gasteiger partial charge in [-0.15, -0.1) is 0 Å². The maximum Gasteiger partial charge on any atom is 0.164 e. The average Bonchev–Trinajstić information content (AvgIpc) is 2.48. The monoisotopic (exact) mass is 194 g/mol. The summed E-state index contributed by atoms with van der Waals surface area (Å²) in [5.74, 6) is -0.688. The molecule has 4 heteroatoms. The van der Waals surface area contributed by atoms with Crippen LogP contribution in [0.25, 0.3) is 5.69 Å². The third kappa shape index (κ3) is 1.51. The van der Waals surface area contributed by atoms with Gasteiger partial charge in [-0.05, 0) is 31.2 Å². The van der Waals surface area contributed by atoms with Crippen molar-refractivity contribution in [2.75, 3.05) is 0 Å². The van der Waals surface area contributed by atoms with E-state index in [1.807, 2.05) is 0 Å². The van der Waals surface area contributed by atoms with Crippen LogP contribution in [-0.2, 0) is 0 Å². The summed E-state index contributed by atoms with van der Waals surface area (Å²) < 4.78 is 26.9. The molecule has 0 aliphatic heterocycles. The number of hydrogen-bond donors (Lipinski definition) is 0. The normalized spacial score (nSPS) is 10.5. The van der Waals surface area contributed by atoms with Gasteiger partial charge in [0, 0.05) is 0 Å². The van der Waals surface area contributed by atoms with Gasteiger partial charge in [0.2, 0.25) is 0 Å². The van der Waals surface area contributed by atoms with E-state index in [1.165, 1.54) is 23.0 Å². The summed E-state index contributed by atoms with van der Waals surface area (Å²) in [4.78, 5) is 0. The van der Waals surface area contributed by atoms with Gasteiger partial charge in [-0.3, -0.25) is 0 Å². The zero-order valence-corrected chi connectivity index (χ0v) is 7.54. The van der Waals surface area contributed by atoms with Crippen molar-refractivity contribution < 1.29 is 8.78 Å². The predicted molar refractivity (Wildman–Crippen MR) is 48.2 cm³/mol. The van der Waals surface area contributed by atoms with Crippen LogP contribution in [0, 0.1) is 18.6 Å². The quantitative estimate of drug-likeness (QED) is 0.681. The highest BCUT2D eigenvalue weighted by atomic mass is 19.1. The summed E-state index contributed by atoms with van der Waals surface area (Å²) in [5.41, 5.74) is 0.965. The molecule has 0 N–H and O–H groups in total. The molecule has 1 heterocycles. The number of hydrogen-bond acceptors (Lipinski definition) is 1. The van der Waals surface area contributed by atoms with E-state index >= 15 is 0 Å². The van der Waals surface area contributed by atoms with Gasteiger partial charge in [-0.1, -0.05) is 0 Å². The first-order valence-electron chi connectivity index (χ1n) is 4.14. The van der Waals surface area contributed by atoms with Crippen LogP contribution in [0.1, 0.15) is 5.69 Å². The standard InChI is InChI=1S/C10H8F2N2/c1-7-10(12)6-14(13-7)9-4-2-8(11)3-5-9/h2-6H,1H3. The Hall–Kier alpha value is -1.71. The molecule has 0 saturated heterocycles. The second-order valence-electron chi connectivity index (χ2n) is 2.98. The lowest BCUT2D eigenvalue weighted by atomic mass is 10.3. The highest BCUT2D eigenvalue weighted by molar-refractivity contribution is 5.31. The van der Waals surface area contributed by atoms with E-state index in [1.54, 1.807) is 19.1 Å². The predicted octanol–water partition coefficient (Wildman–Crippen LogP) is 2.46. The molecule has 0 atom stereocenters. The lowest BCUT2D eigenvalue weighted by Crippen LogP contribution is -1.94. The fraction of sp³-hybridized carbons (Fsp3) is 0.100. The molecule has 2 nitrogen and oxygen atoms in total. The van der Waals surface area contributed by atoms with Crippen molar-refractivity contribution in [2.45, 2.75) is 6.92 Å². The molecule has 0 aliphatic rings.